The number of carbonyl (C=O) groups excluding carboxylic acids is 3. The SMILES string of the molecule is CCCNC(=O)c1ccccc1N1C(=O)N2CCc3c([nH]c4ccccc34)C2(C)C1=O. The number of H-pyrrole nitrogens is 1. The van der Waals surface area contributed by atoms with E-state index in [1.54, 1.807) is 36.1 Å². The number of urea groups is 1. The minimum atomic E-state index is -1.14. The van der Waals surface area contributed by atoms with Crippen molar-refractivity contribution in [1.29, 1.82) is 0 Å². The van der Waals surface area contributed by atoms with E-state index >= 15 is 0 Å². The van der Waals surface area contributed by atoms with Gasteiger partial charge in [-0.1, -0.05) is 37.3 Å². The molecule has 1 unspecified atom stereocenters. The molecule has 2 aromatic carbocycles. The van der Waals surface area contributed by atoms with Crippen molar-refractivity contribution in [3.63, 3.8) is 0 Å². The van der Waals surface area contributed by atoms with Crippen LogP contribution in [0.4, 0.5) is 10.5 Å². The Kier molecular flexibility index (Phi) is 4.36. The Bertz CT molecular complexity index is 1230. The van der Waals surface area contributed by atoms with E-state index in [0.29, 0.717) is 30.8 Å². The highest BCUT2D eigenvalue weighted by atomic mass is 16.2. The first-order valence-corrected chi connectivity index (χ1v) is 10.6. The van der Waals surface area contributed by atoms with Crippen LogP contribution < -0.4 is 10.2 Å². The smallest absolute Gasteiger partial charge is 0.332 e. The fraction of sp³-hybridized carbons (Fsp3) is 0.292. The molecule has 3 heterocycles. The van der Waals surface area contributed by atoms with Crippen LogP contribution in [0.3, 0.4) is 0 Å². The van der Waals surface area contributed by atoms with Crippen LogP contribution in [0, 0.1) is 0 Å². The molecule has 0 saturated carbocycles. The summed E-state index contributed by atoms with van der Waals surface area (Å²) < 4.78 is 0. The number of benzene rings is 2. The van der Waals surface area contributed by atoms with E-state index in [-0.39, 0.29) is 11.8 Å². The molecule has 0 bridgehead atoms. The Morgan fingerprint density at radius 2 is 1.87 bits per heavy atom. The lowest BCUT2D eigenvalue weighted by molar-refractivity contribution is -0.125. The van der Waals surface area contributed by atoms with Gasteiger partial charge in [-0.2, -0.15) is 0 Å². The largest absolute Gasteiger partial charge is 0.356 e. The second-order valence-electron chi connectivity index (χ2n) is 8.19. The molecule has 1 atom stereocenters. The van der Waals surface area contributed by atoms with E-state index in [1.165, 1.54) is 4.90 Å². The average Bonchev–Trinajstić information content (AvgIpc) is 3.26. The lowest BCUT2D eigenvalue weighted by atomic mass is 9.87. The van der Waals surface area contributed by atoms with E-state index in [4.69, 9.17) is 0 Å². The Morgan fingerprint density at radius 3 is 2.68 bits per heavy atom. The number of fused-ring (bicyclic) bond motifs is 5. The summed E-state index contributed by atoms with van der Waals surface area (Å²) in [7, 11) is 0. The number of para-hydroxylation sites is 2. The summed E-state index contributed by atoms with van der Waals surface area (Å²) in [6.45, 7) is 4.73. The van der Waals surface area contributed by atoms with Crippen molar-refractivity contribution >= 4 is 34.4 Å². The molecule has 1 aromatic heterocycles. The van der Waals surface area contributed by atoms with E-state index < -0.39 is 11.6 Å². The van der Waals surface area contributed by atoms with E-state index in [0.717, 1.165) is 28.6 Å². The monoisotopic (exact) mass is 416 g/mol. The number of aromatic amines is 1. The molecule has 2 aliphatic rings. The Morgan fingerprint density at radius 1 is 1.13 bits per heavy atom. The van der Waals surface area contributed by atoms with Crippen molar-refractivity contribution < 1.29 is 14.4 Å². The van der Waals surface area contributed by atoms with Crippen LogP contribution >= 0.6 is 0 Å². The van der Waals surface area contributed by atoms with Crippen molar-refractivity contribution in [3.8, 4) is 0 Å². The zero-order valence-electron chi connectivity index (χ0n) is 17.6. The van der Waals surface area contributed by atoms with Gasteiger partial charge in [0.1, 0.15) is 0 Å². The van der Waals surface area contributed by atoms with Crippen LogP contribution in [0.5, 0.6) is 0 Å². The number of aromatic nitrogens is 1. The summed E-state index contributed by atoms with van der Waals surface area (Å²) in [6, 6.07) is 14.3. The number of rotatable bonds is 4. The third kappa shape index (κ3) is 2.62. The van der Waals surface area contributed by atoms with Gasteiger partial charge in [0, 0.05) is 24.0 Å². The maximum atomic E-state index is 13.8. The normalized spacial score (nSPS) is 20.2. The van der Waals surface area contributed by atoms with Crippen LogP contribution in [0.25, 0.3) is 10.9 Å². The lowest BCUT2D eigenvalue weighted by Crippen LogP contribution is -2.49. The predicted octanol–water partition coefficient (Wildman–Crippen LogP) is 3.55. The number of amides is 4. The number of anilines is 1. The predicted molar refractivity (Wildman–Crippen MR) is 118 cm³/mol. The van der Waals surface area contributed by atoms with E-state index in [9.17, 15) is 14.4 Å². The number of hydrogen-bond donors (Lipinski definition) is 2. The van der Waals surface area contributed by atoms with Crippen molar-refractivity contribution in [3.05, 3.63) is 65.4 Å². The molecule has 31 heavy (non-hydrogen) atoms. The van der Waals surface area contributed by atoms with Crippen molar-refractivity contribution in [2.45, 2.75) is 32.2 Å². The van der Waals surface area contributed by atoms with Gasteiger partial charge in [0.15, 0.2) is 5.54 Å². The summed E-state index contributed by atoms with van der Waals surface area (Å²) in [5, 5.41) is 3.92. The Balaban J connectivity index is 1.62. The van der Waals surface area contributed by atoms with Crippen LogP contribution in [-0.4, -0.2) is 40.8 Å². The standard InChI is InChI=1S/C24H24N4O3/c1-3-13-25-21(29)17-9-5-7-11-19(17)28-22(30)24(2)20-16(12-14-27(24)23(28)31)15-8-4-6-10-18(15)26-20/h4-11,26H,3,12-14H2,1-2H3,(H,25,29). The summed E-state index contributed by atoms with van der Waals surface area (Å²) in [5.41, 5.74) is 2.28. The average molecular weight is 416 g/mol. The maximum absolute atomic E-state index is 13.8. The molecule has 7 nitrogen and oxygen atoms in total. The van der Waals surface area contributed by atoms with Crippen LogP contribution in [0.2, 0.25) is 0 Å². The number of imide groups is 1. The van der Waals surface area contributed by atoms with Gasteiger partial charge in [-0.3, -0.25) is 9.59 Å². The topological polar surface area (TPSA) is 85.5 Å². The summed E-state index contributed by atoms with van der Waals surface area (Å²) in [6.07, 6.45) is 1.46. The van der Waals surface area contributed by atoms with Gasteiger partial charge < -0.3 is 15.2 Å². The second-order valence-corrected chi connectivity index (χ2v) is 8.19. The van der Waals surface area contributed by atoms with Gasteiger partial charge in [-0.25, -0.2) is 9.69 Å². The van der Waals surface area contributed by atoms with Crippen molar-refractivity contribution in [1.82, 2.24) is 15.2 Å². The van der Waals surface area contributed by atoms with E-state index in [1.807, 2.05) is 31.2 Å². The number of nitrogens with zero attached hydrogens (tertiary/aromatic N) is 2. The van der Waals surface area contributed by atoms with Crippen LogP contribution in [-0.2, 0) is 16.8 Å². The maximum Gasteiger partial charge on any atom is 0.332 e. The summed E-state index contributed by atoms with van der Waals surface area (Å²) in [4.78, 5) is 46.2. The molecular formula is C24H24N4O3. The first-order chi connectivity index (χ1) is 15.0. The summed E-state index contributed by atoms with van der Waals surface area (Å²) >= 11 is 0. The molecule has 2 aliphatic heterocycles. The minimum absolute atomic E-state index is 0.292. The molecule has 1 fully saturated rings. The van der Waals surface area contributed by atoms with Crippen molar-refractivity contribution in [2.75, 3.05) is 18.0 Å². The molecule has 158 valence electrons. The Labute approximate surface area is 180 Å². The highest BCUT2D eigenvalue weighted by Gasteiger charge is 2.59. The first-order valence-electron chi connectivity index (χ1n) is 10.6. The van der Waals surface area contributed by atoms with Gasteiger partial charge in [-0.15, -0.1) is 0 Å². The molecule has 0 radical (unpaired) electrons. The third-order valence-electron chi connectivity index (χ3n) is 6.39. The molecule has 3 aromatic rings. The molecule has 7 heteroatoms. The highest BCUT2D eigenvalue weighted by Crippen LogP contribution is 2.45. The molecule has 0 aliphatic carbocycles. The fourth-order valence-electron chi connectivity index (χ4n) is 4.80. The van der Waals surface area contributed by atoms with Gasteiger partial charge >= 0.3 is 6.03 Å². The van der Waals surface area contributed by atoms with Gasteiger partial charge in [0.25, 0.3) is 11.8 Å². The molecule has 0 spiro atoms. The highest BCUT2D eigenvalue weighted by molar-refractivity contribution is 6.25. The quantitative estimate of drug-likeness (QED) is 0.638. The van der Waals surface area contributed by atoms with Gasteiger partial charge in [-0.05, 0) is 43.5 Å². The molecule has 4 amide bonds. The molecule has 5 rings (SSSR count). The first kappa shape index (κ1) is 19.4. The van der Waals surface area contributed by atoms with Gasteiger partial charge in [0.05, 0.1) is 16.9 Å². The number of carbonyl (C=O) groups is 3. The fourth-order valence-corrected chi connectivity index (χ4v) is 4.80. The zero-order valence-corrected chi connectivity index (χ0v) is 17.6. The molecular weight excluding hydrogens is 392 g/mol. The number of nitrogens with one attached hydrogen (secondary N) is 2. The minimum Gasteiger partial charge on any atom is -0.356 e. The Hall–Kier alpha value is -3.61. The van der Waals surface area contributed by atoms with Crippen molar-refractivity contribution in [2.24, 2.45) is 0 Å². The number of hydrogen-bond acceptors (Lipinski definition) is 3. The summed E-state index contributed by atoms with van der Waals surface area (Å²) in [5.74, 6) is -0.639. The molecule has 2 N–H and O–H groups in total. The second kappa shape index (κ2) is 6.97. The van der Waals surface area contributed by atoms with Gasteiger partial charge in [0.2, 0.25) is 0 Å². The third-order valence-corrected chi connectivity index (χ3v) is 6.39. The lowest BCUT2D eigenvalue weighted by Gasteiger charge is -2.35. The molecule has 1 saturated heterocycles. The van der Waals surface area contributed by atoms with Crippen LogP contribution in [0.15, 0.2) is 48.5 Å². The van der Waals surface area contributed by atoms with E-state index in [2.05, 4.69) is 10.3 Å². The van der Waals surface area contributed by atoms with Crippen LogP contribution in [0.1, 0.15) is 41.9 Å². The zero-order chi connectivity index (χ0) is 21.8.